The zero-order chi connectivity index (χ0) is 12.8. The molecule has 0 aromatic rings. The third-order valence-electron chi connectivity index (χ3n) is 3.21. The van der Waals surface area contributed by atoms with Crippen LogP contribution in [0.4, 0.5) is 0 Å². The van der Waals surface area contributed by atoms with Gasteiger partial charge in [-0.15, -0.1) is 0 Å². The zero-order valence-corrected chi connectivity index (χ0v) is 10.2. The van der Waals surface area contributed by atoms with Crippen LogP contribution in [0.3, 0.4) is 0 Å². The summed E-state index contributed by atoms with van der Waals surface area (Å²) < 4.78 is 0. The lowest BCUT2D eigenvalue weighted by molar-refractivity contribution is -0.149. The lowest BCUT2D eigenvalue weighted by Gasteiger charge is -2.27. The Morgan fingerprint density at radius 1 is 1.38 bits per heavy atom. The van der Waals surface area contributed by atoms with Gasteiger partial charge in [-0.05, 0) is 12.8 Å². The molecule has 5 nitrogen and oxygen atoms in total. The molecule has 0 rings (SSSR count). The number of carboxylic acids is 1. The van der Waals surface area contributed by atoms with Crippen molar-refractivity contribution < 1.29 is 14.7 Å². The average Bonchev–Trinajstić information content (AvgIpc) is 2.29. The number of amides is 1. The van der Waals surface area contributed by atoms with Gasteiger partial charge in [0, 0.05) is 19.0 Å². The second-order valence-corrected chi connectivity index (χ2v) is 4.15. The third-order valence-corrected chi connectivity index (χ3v) is 3.21. The number of carbonyl (C=O) groups is 2. The standard InChI is InChI=1S/C11H22N2O3/c1-4-11(5-2,10(15)16)7-13-9(14)8(3)6-12/h8H,4-7,12H2,1-3H3,(H,13,14)(H,15,16). The van der Waals surface area contributed by atoms with E-state index < -0.39 is 11.4 Å². The maximum Gasteiger partial charge on any atom is 0.311 e. The van der Waals surface area contributed by atoms with Crippen LogP contribution in [0.2, 0.25) is 0 Å². The summed E-state index contributed by atoms with van der Waals surface area (Å²) in [6.45, 7) is 5.78. The molecule has 0 aliphatic carbocycles. The van der Waals surface area contributed by atoms with Gasteiger partial charge in [0.25, 0.3) is 0 Å². The lowest BCUT2D eigenvalue weighted by atomic mass is 9.82. The molecule has 0 fully saturated rings. The molecule has 0 aromatic carbocycles. The molecule has 5 heteroatoms. The molecule has 0 saturated carbocycles. The van der Waals surface area contributed by atoms with Crippen molar-refractivity contribution in [1.82, 2.24) is 5.32 Å². The summed E-state index contributed by atoms with van der Waals surface area (Å²) in [5.74, 6) is -1.33. The molecule has 16 heavy (non-hydrogen) atoms. The van der Waals surface area contributed by atoms with Crippen LogP contribution in [-0.4, -0.2) is 30.1 Å². The first-order valence-corrected chi connectivity index (χ1v) is 5.64. The number of carbonyl (C=O) groups excluding carboxylic acids is 1. The first kappa shape index (κ1) is 14.9. The topological polar surface area (TPSA) is 92.4 Å². The first-order valence-electron chi connectivity index (χ1n) is 5.64. The van der Waals surface area contributed by atoms with Crippen molar-refractivity contribution in [1.29, 1.82) is 0 Å². The van der Waals surface area contributed by atoms with Crippen molar-refractivity contribution in [3.63, 3.8) is 0 Å². The van der Waals surface area contributed by atoms with Gasteiger partial charge in [-0.3, -0.25) is 9.59 Å². The molecule has 94 valence electrons. The van der Waals surface area contributed by atoms with Crippen LogP contribution >= 0.6 is 0 Å². The van der Waals surface area contributed by atoms with Crippen molar-refractivity contribution in [3.8, 4) is 0 Å². The third kappa shape index (κ3) is 3.48. The zero-order valence-electron chi connectivity index (χ0n) is 10.2. The number of hydrogen-bond donors (Lipinski definition) is 3. The van der Waals surface area contributed by atoms with E-state index in [-0.39, 0.29) is 24.9 Å². The maximum absolute atomic E-state index is 11.5. The fourth-order valence-electron chi connectivity index (χ4n) is 1.42. The highest BCUT2D eigenvalue weighted by Crippen LogP contribution is 2.25. The van der Waals surface area contributed by atoms with Crippen LogP contribution in [-0.2, 0) is 9.59 Å². The average molecular weight is 230 g/mol. The summed E-state index contributed by atoms with van der Waals surface area (Å²) in [5.41, 5.74) is 4.50. The molecule has 0 radical (unpaired) electrons. The summed E-state index contributed by atoms with van der Waals surface area (Å²) >= 11 is 0. The van der Waals surface area contributed by atoms with Crippen molar-refractivity contribution >= 4 is 11.9 Å². The van der Waals surface area contributed by atoms with Crippen LogP contribution in [0, 0.1) is 11.3 Å². The normalized spacial score (nSPS) is 13.2. The van der Waals surface area contributed by atoms with E-state index in [4.69, 9.17) is 10.8 Å². The molecule has 4 N–H and O–H groups in total. The van der Waals surface area contributed by atoms with E-state index in [0.29, 0.717) is 12.8 Å². The van der Waals surface area contributed by atoms with E-state index >= 15 is 0 Å². The van der Waals surface area contributed by atoms with E-state index in [1.807, 2.05) is 13.8 Å². The Hall–Kier alpha value is -1.10. The van der Waals surface area contributed by atoms with Crippen molar-refractivity contribution in [2.45, 2.75) is 33.6 Å². The molecular weight excluding hydrogens is 208 g/mol. The smallest absolute Gasteiger partial charge is 0.311 e. The molecule has 0 aromatic heterocycles. The van der Waals surface area contributed by atoms with Gasteiger partial charge in [0.15, 0.2) is 0 Å². The van der Waals surface area contributed by atoms with Gasteiger partial charge in [0.2, 0.25) is 5.91 Å². The Kier molecular flexibility index (Phi) is 6.03. The highest BCUT2D eigenvalue weighted by Gasteiger charge is 2.35. The Balaban J connectivity index is 4.44. The minimum absolute atomic E-state index is 0.165. The molecule has 1 atom stereocenters. The molecule has 1 unspecified atom stereocenters. The number of hydrogen-bond acceptors (Lipinski definition) is 3. The second-order valence-electron chi connectivity index (χ2n) is 4.15. The van der Waals surface area contributed by atoms with Gasteiger partial charge in [0.1, 0.15) is 0 Å². The monoisotopic (exact) mass is 230 g/mol. The van der Waals surface area contributed by atoms with Gasteiger partial charge in [-0.25, -0.2) is 0 Å². The quantitative estimate of drug-likeness (QED) is 0.596. The Bertz CT molecular complexity index is 250. The molecule has 0 bridgehead atoms. The number of carboxylic acid groups (broad SMARTS) is 1. The molecule has 0 heterocycles. The fraction of sp³-hybridized carbons (Fsp3) is 0.818. The minimum atomic E-state index is -0.863. The molecule has 1 amide bonds. The van der Waals surface area contributed by atoms with Crippen LogP contribution in [0.15, 0.2) is 0 Å². The van der Waals surface area contributed by atoms with Gasteiger partial charge in [-0.2, -0.15) is 0 Å². The SMILES string of the molecule is CCC(CC)(CNC(=O)C(C)CN)C(=O)O. The number of nitrogens with two attached hydrogens (primary N) is 1. The first-order chi connectivity index (χ1) is 7.43. The number of aliphatic carboxylic acids is 1. The number of rotatable bonds is 7. The molecular formula is C11H22N2O3. The van der Waals surface area contributed by atoms with Gasteiger partial charge in [-0.1, -0.05) is 20.8 Å². The van der Waals surface area contributed by atoms with Crippen molar-refractivity contribution in [2.24, 2.45) is 17.1 Å². The molecule has 0 spiro atoms. The Morgan fingerprint density at radius 3 is 2.19 bits per heavy atom. The summed E-state index contributed by atoms with van der Waals surface area (Å²) in [6, 6.07) is 0. The van der Waals surface area contributed by atoms with E-state index in [1.54, 1.807) is 6.92 Å². The highest BCUT2D eigenvalue weighted by molar-refractivity contribution is 5.80. The maximum atomic E-state index is 11.5. The summed E-state index contributed by atoms with van der Waals surface area (Å²) in [5, 5.41) is 11.8. The van der Waals surface area contributed by atoms with Crippen LogP contribution in [0.25, 0.3) is 0 Å². The predicted octanol–water partition coefficient (Wildman–Crippen LogP) is 0.588. The van der Waals surface area contributed by atoms with Crippen LogP contribution in [0.1, 0.15) is 33.6 Å². The summed E-state index contributed by atoms with van der Waals surface area (Å²) in [7, 11) is 0. The molecule has 0 aliphatic heterocycles. The Morgan fingerprint density at radius 2 is 1.88 bits per heavy atom. The van der Waals surface area contributed by atoms with E-state index in [2.05, 4.69) is 5.32 Å². The second kappa shape index (κ2) is 6.48. The van der Waals surface area contributed by atoms with E-state index in [0.717, 1.165) is 0 Å². The molecule has 0 saturated heterocycles. The summed E-state index contributed by atoms with van der Waals surface area (Å²) in [6.07, 6.45) is 0.992. The number of nitrogens with one attached hydrogen (secondary N) is 1. The van der Waals surface area contributed by atoms with E-state index in [1.165, 1.54) is 0 Å². The highest BCUT2D eigenvalue weighted by atomic mass is 16.4. The van der Waals surface area contributed by atoms with Crippen molar-refractivity contribution in [2.75, 3.05) is 13.1 Å². The van der Waals surface area contributed by atoms with Crippen LogP contribution < -0.4 is 11.1 Å². The Labute approximate surface area is 96.4 Å². The van der Waals surface area contributed by atoms with E-state index in [9.17, 15) is 9.59 Å². The van der Waals surface area contributed by atoms with Gasteiger partial charge in [0.05, 0.1) is 5.41 Å². The van der Waals surface area contributed by atoms with Gasteiger partial charge >= 0.3 is 5.97 Å². The van der Waals surface area contributed by atoms with Gasteiger partial charge < -0.3 is 16.2 Å². The minimum Gasteiger partial charge on any atom is -0.481 e. The largest absolute Gasteiger partial charge is 0.481 e. The van der Waals surface area contributed by atoms with Crippen molar-refractivity contribution in [3.05, 3.63) is 0 Å². The predicted molar refractivity (Wildman–Crippen MR) is 61.9 cm³/mol. The lowest BCUT2D eigenvalue weighted by Crippen LogP contribution is -2.44. The fourth-order valence-corrected chi connectivity index (χ4v) is 1.42. The molecule has 0 aliphatic rings. The van der Waals surface area contributed by atoms with Crippen LogP contribution in [0.5, 0.6) is 0 Å². The summed E-state index contributed by atoms with van der Waals surface area (Å²) in [4.78, 5) is 22.7.